The molecule has 20 heavy (non-hydrogen) atoms. The number of halogens is 2. The van der Waals surface area contributed by atoms with Crippen LogP contribution in [0, 0.1) is 5.82 Å². The van der Waals surface area contributed by atoms with Crippen molar-refractivity contribution in [1.29, 1.82) is 0 Å². The third-order valence-electron chi connectivity index (χ3n) is 3.54. The number of nitrogens with one attached hydrogen (secondary N) is 1. The summed E-state index contributed by atoms with van der Waals surface area (Å²) < 4.78 is 18.3. The molecule has 106 valence electrons. The van der Waals surface area contributed by atoms with E-state index in [0.717, 1.165) is 31.5 Å². The summed E-state index contributed by atoms with van der Waals surface area (Å²) in [7, 11) is 0. The van der Waals surface area contributed by atoms with Crippen molar-refractivity contribution in [2.75, 3.05) is 13.1 Å². The fourth-order valence-electron chi connectivity index (χ4n) is 2.41. The van der Waals surface area contributed by atoms with Gasteiger partial charge in [-0.1, -0.05) is 22.8 Å². The Bertz CT molecular complexity index is 596. The monoisotopic (exact) mass is 295 g/mol. The molecule has 1 aliphatic rings. The summed E-state index contributed by atoms with van der Waals surface area (Å²) in [6, 6.07) is 4.33. The first kappa shape index (κ1) is 13.5. The second-order valence-corrected chi connectivity index (χ2v) is 5.39. The van der Waals surface area contributed by atoms with E-state index in [4.69, 9.17) is 16.1 Å². The molecular formula is C14H15ClFN3O. The van der Waals surface area contributed by atoms with Gasteiger partial charge in [-0.15, -0.1) is 0 Å². The first-order valence-corrected chi connectivity index (χ1v) is 7.07. The second-order valence-electron chi connectivity index (χ2n) is 4.99. The highest BCUT2D eigenvalue weighted by atomic mass is 35.5. The molecule has 2 aromatic rings. The molecule has 0 saturated carbocycles. The van der Waals surface area contributed by atoms with E-state index in [1.165, 1.54) is 12.1 Å². The van der Waals surface area contributed by atoms with Crippen molar-refractivity contribution in [1.82, 2.24) is 15.5 Å². The van der Waals surface area contributed by atoms with E-state index >= 15 is 0 Å². The molecule has 0 aliphatic carbocycles. The number of piperidine rings is 1. The van der Waals surface area contributed by atoms with E-state index < -0.39 is 0 Å². The van der Waals surface area contributed by atoms with Crippen LogP contribution in [0.15, 0.2) is 22.7 Å². The lowest BCUT2D eigenvalue weighted by Gasteiger charge is -2.18. The Kier molecular flexibility index (Phi) is 3.98. The van der Waals surface area contributed by atoms with Crippen LogP contribution < -0.4 is 5.32 Å². The first-order chi connectivity index (χ1) is 9.72. The number of aromatic nitrogens is 2. The second kappa shape index (κ2) is 5.89. The molecule has 0 bridgehead atoms. The molecule has 1 aromatic heterocycles. The van der Waals surface area contributed by atoms with Gasteiger partial charge in [0.1, 0.15) is 5.82 Å². The van der Waals surface area contributed by atoms with Gasteiger partial charge in [-0.3, -0.25) is 0 Å². The lowest BCUT2D eigenvalue weighted by atomic mass is 9.98. The molecule has 1 saturated heterocycles. The number of hydrogen-bond donors (Lipinski definition) is 1. The average molecular weight is 296 g/mol. The van der Waals surface area contributed by atoms with Gasteiger partial charge >= 0.3 is 0 Å². The van der Waals surface area contributed by atoms with E-state index in [-0.39, 0.29) is 5.82 Å². The predicted molar refractivity (Wildman–Crippen MR) is 73.4 cm³/mol. The van der Waals surface area contributed by atoms with Crippen LogP contribution in [0.2, 0.25) is 5.02 Å². The molecule has 4 nitrogen and oxygen atoms in total. The summed E-state index contributed by atoms with van der Waals surface area (Å²) in [6.45, 7) is 1.96. The van der Waals surface area contributed by atoms with Gasteiger partial charge < -0.3 is 9.84 Å². The number of hydrogen-bond acceptors (Lipinski definition) is 4. The molecular weight excluding hydrogens is 281 g/mol. The molecule has 1 fully saturated rings. The maximum absolute atomic E-state index is 13.0. The van der Waals surface area contributed by atoms with Crippen LogP contribution in [0.25, 0.3) is 0 Å². The number of rotatable bonds is 3. The standard InChI is InChI=1S/C14H15ClFN3O/c15-12-8-11(16)2-1-10(12)7-13-18-14(20-19-13)9-3-5-17-6-4-9/h1-2,8-9,17H,3-7H2. The summed E-state index contributed by atoms with van der Waals surface area (Å²) >= 11 is 6.00. The van der Waals surface area contributed by atoms with Crippen LogP contribution in [-0.4, -0.2) is 23.2 Å². The Morgan fingerprint density at radius 3 is 2.90 bits per heavy atom. The summed E-state index contributed by atoms with van der Waals surface area (Å²) in [6.07, 6.45) is 2.48. The van der Waals surface area contributed by atoms with Gasteiger partial charge in [-0.25, -0.2) is 4.39 Å². The number of benzene rings is 1. The molecule has 0 spiro atoms. The number of nitrogens with zero attached hydrogens (tertiary/aromatic N) is 2. The molecule has 6 heteroatoms. The molecule has 1 aromatic carbocycles. The Morgan fingerprint density at radius 2 is 2.15 bits per heavy atom. The Balaban J connectivity index is 1.73. The van der Waals surface area contributed by atoms with Crippen molar-refractivity contribution in [3.8, 4) is 0 Å². The van der Waals surface area contributed by atoms with Crippen LogP contribution in [0.4, 0.5) is 4.39 Å². The highest BCUT2D eigenvalue weighted by molar-refractivity contribution is 6.31. The third-order valence-corrected chi connectivity index (χ3v) is 3.89. The Hall–Kier alpha value is -1.46. The van der Waals surface area contributed by atoms with Gasteiger partial charge in [0.05, 0.1) is 0 Å². The topological polar surface area (TPSA) is 51.0 Å². The zero-order chi connectivity index (χ0) is 13.9. The van der Waals surface area contributed by atoms with Crippen molar-refractivity contribution >= 4 is 11.6 Å². The SMILES string of the molecule is Fc1ccc(Cc2noc(C3CCNCC3)n2)c(Cl)c1. The summed E-state index contributed by atoms with van der Waals surface area (Å²) in [4.78, 5) is 4.43. The highest BCUT2D eigenvalue weighted by Gasteiger charge is 2.21. The zero-order valence-corrected chi connectivity index (χ0v) is 11.7. The predicted octanol–water partition coefficient (Wildman–Crippen LogP) is 2.92. The van der Waals surface area contributed by atoms with Gasteiger partial charge in [-0.2, -0.15) is 4.98 Å². The Morgan fingerprint density at radius 1 is 1.35 bits per heavy atom. The van der Waals surface area contributed by atoms with Crippen LogP contribution in [0.1, 0.15) is 36.0 Å². The molecule has 2 heterocycles. The minimum absolute atomic E-state index is 0.334. The van der Waals surface area contributed by atoms with E-state index in [0.29, 0.717) is 29.1 Å². The molecule has 3 rings (SSSR count). The van der Waals surface area contributed by atoms with Gasteiger partial charge in [0.15, 0.2) is 5.82 Å². The van der Waals surface area contributed by atoms with E-state index in [1.807, 2.05) is 0 Å². The maximum atomic E-state index is 13.0. The Labute approximate surface area is 121 Å². The minimum Gasteiger partial charge on any atom is -0.339 e. The minimum atomic E-state index is -0.345. The normalized spacial score (nSPS) is 16.5. The lowest BCUT2D eigenvalue weighted by molar-refractivity contribution is 0.318. The summed E-state index contributed by atoms with van der Waals surface area (Å²) in [5, 5.41) is 7.68. The lowest BCUT2D eigenvalue weighted by Crippen LogP contribution is -2.26. The molecule has 1 N–H and O–H groups in total. The average Bonchev–Trinajstić information content (AvgIpc) is 2.92. The van der Waals surface area contributed by atoms with Gasteiger partial charge in [0.25, 0.3) is 0 Å². The van der Waals surface area contributed by atoms with E-state index in [1.54, 1.807) is 6.07 Å². The van der Waals surface area contributed by atoms with Crippen molar-refractivity contribution in [2.24, 2.45) is 0 Å². The van der Waals surface area contributed by atoms with Crippen molar-refractivity contribution in [3.63, 3.8) is 0 Å². The van der Waals surface area contributed by atoms with Gasteiger partial charge in [-0.05, 0) is 43.6 Å². The largest absolute Gasteiger partial charge is 0.339 e. The van der Waals surface area contributed by atoms with Crippen LogP contribution in [0.3, 0.4) is 0 Å². The van der Waals surface area contributed by atoms with Crippen LogP contribution in [0.5, 0.6) is 0 Å². The summed E-state index contributed by atoms with van der Waals surface area (Å²) in [5.74, 6) is 1.27. The van der Waals surface area contributed by atoms with Crippen molar-refractivity contribution < 1.29 is 8.91 Å². The van der Waals surface area contributed by atoms with E-state index in [2.05, 4.69) is 15.5 Å². The van der Waals surface area contributed by atoms with Crippen molar-refractivity contribution in [3.05, 3.63) is 46.3 Å². The van der Waals surface area contributed by atoms with E-state index in [9.17, 15) is 4.39 Å². The van der Waals surface area contributed by atoms with Crippen LogP contribution >= 0.6 is 11.6 Å². The first-order valence-electron chi connectivity index (χ1n) is 6.69. The van der Waals surface area contributed by atoms with Gasteiger partial charge in [0.2, 0.25) is 5.89 Å². The maximum Gasteiger partial charge on any atom is 0.229 e. The van der Waals surface area contributed by atoms with Crippen molar-refractivity contribution in [2.45, 2.75) is 25.2 Å². The zero-order valence-electron chi connectivity index (χ0n) is 10.9. The molecule has 0 unspecified atom stereocenters. The smallest absolute Gasteiger partial charge is 0.229 e. The fourth-order valence-corrected chi connectivity index (χ4v) is 2.64. The molecule has 1 aliphatic heterocycles. The molecule has 0 atom stereocenters. The third kappa shape index (κ3) is 2.99. The summed E-state index contributed by atoms with van der Waals surface area (Å²) in [5.41, 5.74) is 0.797. The fraction of sp³-hybridized carbons (Fsp3) is 0.429. The molecule has 0 radical (unpaired) electrons. The molecule has 0 amide bonds. The highest BCUT2D eigenvalue weighted by Crippen LogP contribution is 2.25. The quantitative estimate of drug-likeness (QED) is 0.946. The van der Waals surface area contributed by atoms with Gasteiger partial charge in [0, 0.05) is 17.4 Å². The van der Waals surface area contributed by atoms with Crippen LogP contribution in [-0.2, 0) is 6.42 Å².